The van der Waals surface area contributed by atoms with Crippen LogP contribution in [0.25, 0.3) is 11.1 Å². The third-order valence-electron chi connectivity index (χ3n) is 6.69. The van der Waals surface area contributed by atoms with E-state index in [0.717, 1.165) is 11.6 Å². The van der Waals surface area contributed by atoms with Gasteiger partial charge in [-0.2, -0.15) is 13.2 Å². The highest BCUT2D eigenvalue weighted by atomic mass is 19.4. The molecule has 0 saturated heterocycles. The number of nitrogens with one attached hydrogen (secondary N) is 1. The second-order valence-electron chi connectivity index (χ2n) is 9.49. The van der Waals surface area contributed by atoms with Gasteiger partial charge in [-0.05, 0) is 37.0 Å². The fraction of sp³-hybridized carbons (Fsp3) is 0.346. The van der Waals surface area contributed by atoms with Crippen LogP contribution in [0.2, 0.25) is 0 Å². The van der Waals surface area contributed by atoms with Crippen LogP contribution in [0.4, 0.5) is 23.4 Å². The van der Waals surface area contributed by atoms with E-state index >= 15 is 0 Å². The molecule has 13 heteroatoms. The smallest absolute Gasteiger partial charge is 0.401 e. The predicted molar refractivity (Wildman–Crippen MR) is 131 cm³/mol. The molecule has 1 saturated carbocycles. The molecular weight excluding hydrogens is 520 g/mol. The first kappa shape index (κ1) is 26.3. The Morgan fingerprint density at radius 2 is 2.00 bits per heavy atom. The van der Waals surface area contributed by atoms with Gasteiger partial charge in [0.1, 0.15) is 17.1 Å². The molecular formula is C26H24F4N6O3. The molecule has 1 aromatic carbocycles. The molecule has 1 aliphatic carbocycles. The number of aryl methyl sites for hydroxylation is 2. The number of halogens is 4. The summed E-state index contributed by atoms with van der Waals surface area (Å²) in [6, 6.07) is 5.46. The number of nitrogens with zero attached hydrogens (tertiary/aromatic N) is 5. The van der Waals surface area contributed by atoms with Gasteiger partial charge < -0.3 is 14.6 Å². The molecule has 0 spiro atoms. The van der Waals surface area contributed by atoms with Crippen LogP contribution in [0.3, 0.4) is 0 Å². The maximum absolute atomic E-state index is 14.9. The molecule has 3 aromatic heterocycles. The van der Waals surface area contributed by atoms with Crippen molar-refractivity contribution in [2.75, 3.05) is 12.4 Å². The first-order valence-electron chi connectivity index (χ1n) is 12.0. The number of aromatic nitrogens is 5. The normalized spacial score (nSPS) is 14.3. The summed E-state index contributed by atoms with van der Waals surface area (Å²) in [4.78, 5) is 21.4. The van der Waals surface area contributed by atoms with Gasteiger partial charge in [0, 0.05) is 48.7 Å². The van der Waals surface area contributed by atoms with E-state index in [-0.39, 0.29) is 36.4 Å². The molecule has 4 aromatic rings. The number of carbonyl (C=O) groups is 1. The summed E-state index contributed by atoms with van der Waals surface area (Å²) in [5.74, 6) is -0.728. The Morgan fingerprint density at radius 1 is 1.23 bits per heavy atom. The van der Waals surface area contributed by atoms with Gasteiger partial charge in [0.25, 0.3) is 0 Å². The molecule has 1 aliphatic rings. The van der Waals surface area contributed by atoms with E-state index in [0.29, 0.717) is 34.9 Å². The summed E-state index contributed by atoms with van der Waals surface area (Å²) >= 11 is 0. The lowest BCUT2D eigenvalue weighted by Gasteiger charge is -2.14. The summed E-state index contributed by atoms with van der Waals surface area (Å²) < 4.78 is 66.5. The number of benzene rings is 1. The molecule has 9 nitrogen and oxygen atoms in total. The van der Waals surface area contributed by atoms with Gasteiger partial charge in [-0.15, -0.1) is 5.10 Å². The van der Waals surface area contributed by atoms with E-state index in [1.54, 1.807) is 30.9 Å². The second kappa shape index (κ2) is 9.79. The minimum atomic E-state index is -4.46. The first-order chi connectivity index (χ1) is 18.5. The number of methoxy groups -OCH3 is 1. The monoisotopic (exact) mass is 544 g/mol. The number of amides is 1. The fourth-order valence-corrected chi connectivity index (χ4v) is 4.44. The topological polar surface area (TPSA) is 108 Å². The van der Waals surface area contributed by atoms with Crippen molar-refractivity contribution in [3.05, 3.63) is 70.9 Å². The zero-order valence-electron chi connectivity index (χ0n) is 21.3. The van der Waals surface area contributed by atoms with E-state index in [1.807, 2.05) is 6.20 Å². The average molecular weight is 545 g/mol. The third kappa shape index (κ3) is 5.20. The molecule has 39 heavy (non-hydrogen) atoms. The minimum Gasteiger partial charge on any atom is -0.480 e. The lowest BCUT2D eigenvalue weighted by molar-refractivity contribution is -0.165. The van der Waals surface area contributed by atoms with Gasteiger partial charge in [0.05, 0.1) is 13.5 Å². The Balaban J connectivity index is 1.25. The maximum Gasteiger partial charge on any atom is 0.401 e. The highest BCUT2D eigenvalue weighted by Gasteiger charge is 2.66. The van der Waals surface area contributed by atoms with E-state index < -0.39 is 23.3 Å². The van der Waals surface area contributed by atoms with Crippen molar-refractivity contribution in [1.82, 2.24) is 24.9 Å². The highest BCUT2D eigenvalue weighted by molar-refractivity contribution is 5.91. The van der Waals surface area contributed by atoms with E-state index in [1.165, 1.54) is 19.2 Å². The van der Waals surface area contributed by atoms with Crippen molar-refractivity contribution in [2.45, 2.75) is 44.2 Å². The van der Waals surface area contributed by atoms with Crippen molar-refractivity contribution in [3.63, 3.8) is 0 Å². The van der Waals surface area contributed by atoms with Crippen molar-refractivity contribution < 1.29 is 31.6 Å². The number of hydrogen-bond donors (Lipinski definition) is 1. The second-order valence-corrected chi connectivity index (χ2v) is 9.49. The average Bonchev–Trinajstić information content (AvgIpc) is 3.45. The number of anilines is 1. The predicted octanol–water partition coefficient (Wildman–Crippen LogP) is 4.69. The van der Waals surface area contributed by atoms with Crippen molar-refractivity contribution in [3.8, 4) is 17.0 Å². The molecule has 0 aliphatic heterocycles. The summed E-state index contributed by atoms with van der Waals surface area (Å²) in [6.07, 6.45) is -1.16. The van der Waals surface area contributed by atoms with Crippen molar-refractivity contribution in [1.29, 1.82) is 0 Å². The van der Waals surface area contributed by atoms with Crippen molar-refractivity contribution in [2.24, 2.45) is 7.05 Å². The minimum absolute atomic E-state index is 0.0941. The Kier molecular flexibility index (Phi) is 6.60. The van der Waals surface area contributed by atoms with Gasteiger partial charge >= 0.3 is 6.18 Å². The van der Waals surface area contributed by atoms with Crippen LogP contribution in [-0.2, 0) is 30.1 Å². The standard InChI is InChI=1S/C26H24F4N6O3/c1-14-18(12-31-21(32-14)9-17-13-36(2)34-24(17)38-3)15-4-5-16(19(27)8-15)10-23(37)33-22-11-20(39-35-22)25(6-7-25)26(28,29)30/h4-5,8,11-13H,6-7,9-10H2,1-3H3,(H,33,35,37). The van der Waals surface area contributed by atoms with Crippen LogP contribution in [0.1, 0.15) is 41.2 Å². The molecule has 1 fully saturated rings. The molecule has 0 unspecified atom stereocenters. The highest BCUT2D eigenvalue weighted by Crippen LogP contribution is 2.59. The molecule has 0 atom stereocenters. The lowest BCUT2D eigenvalue weighted by atomic mass is 10.0. The van der Waals surface area contributed by atoms with Gasteiger partial charge in [-0.1, -0.05) is 17.3 Å². The van der Waals surface area contributed by atoms with Gasteiger partial charge in [0.2, 0.25) is 11.8 Å². The van der Waals surface area contributed by atoms with Gasteiger partial charge in [-0.25, -0.2) is 14.4 Å². The van der Waals surface area contributed by atoms with E-state index in [2.05, 4.69) is 25.5 Å². The number of rotatable bonds is 8. The van der Waals surface area contributed by atoms with Gasteiger partial charge in [0.15, 0.2) is 11.6 Å². The first-order valence-corrected chi connectivity index (χ1v) is 12.0. The van der Waals surface area contributed by atoms with E-state index in [9.17, 15) is 22.4 Å². The van der Waals surface area contributed by atoms with Crippen LogP contribution in [-0.4, -0.2) is 44.1 Å². The maximum atomic E-state index is 14.9. The summed E-state index contributed by atoms with van der Waals surface area (Å²) in [7, 11) is 3.32. The van der Waals surface area contributed by atoms with Crippen LogP contribution in [0, 0.1) is 12.7 Å². The molecule has 0 bridgehead atoms. The molecule has 1 amide bonds. The molecule has 0 radical (unpaired) electrons. The summed E-state index contributed by atoms with van der Waals surface area (Å²) in [6.45, 7) is 1.79. The Labute approximate surface area is 220 Å². The lowest BCUT2D eigenvalue weighted by Crippen LogP contribution is -2.28. The Hall–Kier alpha value is -4.29. The number of ether oxygens (including phenoxy) is 1. The van der Waals surface area contributed by atoms with Crippen LogP contribution >= 0.6 is 0 Å². The number of carbonyl (C=O) groups excluding carboxylic acids is 1. The zero-order chi connectivity index (χ0) is 27.9. The summed E-state index contributed by atoms with van der Waals surface area (Å²) in [5, 5.41) is 10.1. The van der Waals surface area contributed by atoms with E-state index in [4.69, 9.17) is 9.26 Å². The Morgan fingerprint density at radius 3 is 2.64 bits per heavy atom. The fourth-order valence-electron chi connectivity index (χ4n) is 4.44. The third-order valence-corrected chi connectivity index (χ3v) is 6.69. The quantitative estimate of drug-likeness (QED) is 0.321. The molecule has 204 valence electrons. The largest absolute Gasteiger partial charge is 0.480 e. The Bertz CT molecular complexity index is 1540. The number of alkyl halides is 3. The van der Waals surface area contributed by atoms with Crippen molar-refractivity contribution >= 4 is 11.7 Å². The molecule has 1 N–H and O–H groups in total. The van der Waals surface area contributed by atoms with Crippen LogP contribution < -0.4 is 10.1 Å². The zero-order valence-corrected chi connectivity index (χ0v) is 21.3. The summed E-state index contributed by atoms with van der Waals surface area (Å²) in [5.41, 5.74) is 0.685. The molecule has 5 rings (SSSR count). The van der Waals surface area contributed by atoms with Gasteiger partial charge in [-0.3, -0.25) is 9.48 Å². The van der Waals surface area contributed by atoms with Crippen LogP contribution in [0.5, 0.6) is 5.88 Å². The van der Waals surface area contributed by atoms with Crippen LogP contribution in [0.15, 0.2) is 41.2 Å². The molecule has 3 heterocycles. The number of hydrogen-bond acceptors (Lipinski definition) is 7. The SMILES string of the molecule is COc1nn(C)cc1Cc1ncc(-c2ccc(CC(=O)Nc3cc(C4(C(F)(F)F)CC4)on3)c(F)c2)c(C)n1.